The molecule has 0 bridgehead atoms. The van der Waals surface area contributed by atoms with E-state index in [0.29, 0.717) is 6.54 Å². The molecule has 0 spiro atoms. The summed E-state index contributed by atoms with van der Waals surface area (Å²) in [6.45, 7) is 4.05. The van der Waals surface area contributed by atoms with Crippen LogP contribution in [0.15, 0.2) is 18.2 Å². The summed E-state index contributed by atoms with van der Waals surface area (Å²) >= 11 is 0. The van der Waals surface area contributed by atoms with Crippen LogP contribution in [0.2, 0.25) is 0 Å². The van der Waals surface area contributed by atoms with Gasteiger partial charge in [0.05, 0.1) is 5.56 Å². The first-order valence-corrected chi connectivity index (χ1v) is 7.10. The lowest BCUT2D eigenvalue weighted by atomic mass is 9.80. The summed E-state index contributed by atoms with van der Waals surface area (Å²) < 4.78 is 13.2. The van der Waals surface area contributed by atoms with Crippen LogP contribution in [-0.2, 0) is 6.54 Å². The molecule has 102 valence electrons. The Morgan fingerprint density at radius 2 is 2.16 bits per heavy atom. The zero-order chi connectivity index (χ0) is 13.7. The normalized spacial score (nSPS) is 23.0. The third-order valence-corrected chi connectivity index (χ3v) is 4.18. The summed E-state index contributed by atoms with van der Waals surface area (Å²) in [6, 6.07) is 6.63. The molecule has 0 saturated heterocycles. The number of halogens is 1. The van der Waals surface area contributed by atoms with Crippen molar-refractivity contribution in [3.05, 3.63) is 35.1 Å². The van der Waals surface area contributed by atoms with Gasteiger partial charge in [0.25, 0.3) is 0 Å². The second-order valence-corrected chi connectivity index (χ2v) is 5.58. The van der Waals surface area contributed by atoms with Crippen LogP contribution < -0.4 is 5.32 Å². The highest BCUT2D eigenvalue weighted by molar-refractivity contribution is 5.34. The van der Waals surface area contributed by atoms with Gasteiger partial charge in [0, 0.05) is 6.54 Å². The number of hydrogen-bond donors (Lipinski definition) is 1. The first-order valence-electron chi connectivity index (χ1n) is 7.10. The van der Waals surface area contributed by atoms with E-state index in [1.807, 2.05) is 6.07 Å². The fourth-order valence-electron chi connectivity index (χ4n) is 2.87. The SMILES string of the molecule is CC1CCCCC1CNCc1ccc(F)c(C#N)c1. The predicted octanol–water partition coefficient (Wildman–Crippen LogP) is 3.61. The van der Waals surface area contributed by atoms with E-state index in [1.54, 1.807) is 12.1 Å². The maximum atomic E-state index is 13.2. The molecule has 0 aliphatic heterocycles. The molecular formula is C16H21FN2. The zero-order valence-electron chi connectivity index (χ0n) is 11.5. The first kappa shape index (κ1) is 14.0. The highest BCUT2D eigenvalue weighted by atomic mass is 19.1. The van der Waals surface area contributed by atoms with Gasteiger partial charge in [-0.05, 0) is 42.5 Å². The van der Waals surface area contributed by atoms with Crippen LogP contribution in [0.4, 0.5) is 4.39 Å². The van der Waals surface area contributed by atoms with E-state index in [1.165, 1.54) is 31.7 Å². The molecule has 1 aromatic carbocycles. The molecule has 1 saturated carbocycles. The molecule has 0 aromatic heterocycles. The standard InChI is InChI=1S/C16H21FN2/c1-12-4-2-3-5-14(12)11-19-10-13-6-7-16(17)15(8-13)9-18/h6-8,12,14,19H,2-5,10-11H2,1H3. The van der Waals surface area contributed by atoms with E-state index >= 15 is 0 Å². The lowest BCUT2D eigenvalue weighted by Crippen LogP contribution is -2.29. The van der Waals surface area contributed by atoms with Crippen molar-refractivity contribution in [2.45, 2.75) is 39.2 Å². The molecule has 1 aliphatic rings. The monoisotopic (exact) mass is 260 g/mol. The number of rotatable bonds is 4. The Balaban J connectivity index is 1.84. The van der Waals surface area contributed by atoms with E-state index in [0.717, 1.165) is 23.9 Å². The lowest BCUT2D eigenvalue weighted by Gasteiger charge is -2.28. The van der Waals surface area contributed by atoms with Crippen molar-refractivity contribution in [1.82, 2.24) is 5.32 Å². The smallest absolute Gasteiger partial charge is 0.140 e. The number of nitriles is 1. The molecule has 1 N–H and O–H groups in total. The maximum Gasteiger partial charge on any atom is 0.140 e. The quantitative estimate of drug-likeness (QED) is 0.897. The Labute approximate surface area is 114 Å². The summed E-state index contributed by atoms with van der Waals surface area (Å²) in [5.41, 5.74) is 1.10. The van der Waals surface area contributed by atoms with Gasteiger partial charge >= 0.3 is 0 Å². The van der Waals surface area contributed by atoms with Gasteiger partial charge in [-0.15, -0.1) is 0 Å². The molecule has 2 nitrogen and oxygen atoms in total. The predicted molar refractivity (Wildman–Crippen MR) is 73.9 cm³/mol. The van der Waals surface area contributed by atoms with Gasteiger partial charge in [-0.1, -0.05) is 32.3 Å². The molecule has 0 radical (unpaired) electrons. The summed E-state index contributed by atoms with van der Waals surface area (Å²) in [5.74, 6) is 1.11. The second-order valence-electron chi connectivity index (χ2n) is 5.58. The van der Waals surface area contributed by atoms with Crippen LogP contribution in [0.3, 0.4) is 0 Å². The van der Waals surface area contributed by atoms with E-state index in [2.05, 4.69) is 12.2 Å². The van der Waals surface area contributed by atoms with Crippen LogP contribution in [0.1, 0.15) is 43.7 Å². The van der Waals surface area contributed by atoms with Gasteiger partial charge in [-0.25, -0.2) is 4.39 Å². The van der Waals surface area contributed by atoms with Crippen molar-refractivity contribution in [1.29, 1.82) is 5.26 Å². The van der Waals surface area contributed by atoms with Gasteiger partial charge in [0.15, 0.2) is 0 Å². The van der Waals surface area contributed by atoms with Gasteiger partial charge in [-0.3, -0.25) is 0 Å². The van der Waals surface area contributed by atoms with Gasteiger partial charge < -0.3 is 5.32 Å². The Kier molecular flexibility index (Phi) is 4.93. The fraction of sp³-hybridized carbons (Fsp3) is 0.562. The van der Waals surface area contributed by atoms with E-state index in [-0.39, 0.29) is 5.56 Å². The van der Waals surface area contributed by atoms with Crippen molar-refractivity contribution in [3.8, 4) is 6.07 Å². The molecule has 0 amide bonds. The fourth-order valence-corrected chi connectivity index (χ4v) is 2.87. The number of nitrogens with one attached hydrogen (secondary N) is 1. The minimum atomic E-state index is -0.438. The molecule has 1 aromatic rings. The van der Waals surface area contributed by atoms with Crippen LogP contribution in [0.5, 0.6) is 0 Å². The number of nitrogens with zero attached hydrogens (tertiary/aromatic N) is 1. The van der Waals surface area contributed by atoms with E-state index in [4.69, 9.17) is 5.26 Å². The Bertz CT molecular complexity index is 464. The minimum absolute atomic E-state index is 0.130. The highest BCUT2D eigenvalue weighted by Gasteiger charge is 2.20. The Morgan fingerprint density at radius 3 is 2.89 bits per heavy atom. The van der Waals surface area contributed by atoms with Crippen LogP contribution in [-0.4, -0.2) is 6.54 Å². The van der Waals surface area contributed by atoms with Gasteiger partial charge in [0.1, 0.15) is 11.9 Å². The molecular weight excluding hydrogens is 239 g/mol. The minimum Gasteiger partial charge on any atom is -0.312 e. The van der Waals surface area contributed by atoms with Crippen molar-refractivity contribution < 1.29 is 4.39 Å². The van der Waals surface area contributed by atoms with E-state index < -0.39 is 5.82 Å². The van der Waals surface area contributed by atoms with Crippen molar-refractivity contribution >= 4 is 0 Å². The first-order chi connectivity index (χ1) is 9.20. The number of benzene rings is 1. The molecule has 1 aliphatic carbocycles. The average Bonchev–Trinajstić information content (AvgIpc) is 2.43. The van der Waals surface area contributed by atoms with Crippen molar-refractivity contribution in [2.24, 2.45) is 11.8 Å². The maximum absolute atomic E-state index is 13.2. The van der Waals surface area contributed by atoms with Crippen molar-refractivity contribution in [2.75, 3.05) is 6.54 Å². The molecule has 0 heterocycles. The number of hydrogen-bond acceptors (Lipinski definition) is 2. The Hall–Kier alpha value is -1.40. The third-order valence-electron chi connectivity index (χ3n) is 4.18. The lowest BCUT2D eigenvalue weighted by molar-refractivity contribution is 0.247. The second kappa shape index (κ2) is 6.68. The van der Waals surface area contributed by atoms with Gasteiger partial charge in [-0.2, -0.15) is 5.26 Å². The van der Waals surface area contributed by atoms with E-state index in [9.17, 15) is 4.39 Å². The van der Waals surface area contributed by atoms with Crippen LogP contribution in [0.25, 0.3) is 0 Å². The topological polar surface area (TPSA) is 35.8 Å². The molecule has 1 fully saturated rings. The van der Waals surface area contributed by atoms with Crippen molar-refractivity contribution in [3.63, 3.8) is 0 Å². The molecule has 3 heteroatoms. The Morgan fingerprint density at radius 1 is 1.37 bits per heavy atom. The van der Waals surface area contributed by atoms with Crippen LogP contribution >= 0.6 is 0 Å². The zero-order valence-corrected chi connectivity index (χ0v) is 11.5. The molecule has 2 atom stereocenters. The molecule has 2 unspecified atom stereocenters. The summed E-state index contributed by atoms with van der Waals surface area (Å²) in [7, 11) is 0. The van der Waals surface area contributed by atoms with Crippen LogP contribution in [0, 0.1) is 29.0 Å². The summed E-state index contributed by atoms with van der Waals surface area (Å²) in [4.78, 5) is 0. The highest BCUT2D eigenvalue weighted by Crippen LogP contribution is 2.28. The summed E-state index contributed by atoms with van der Waals surface area (Å²) in [5, 5.41) is 12.2. The third kappa shape index (κ3) is 3.78. The molecule has 2 rings (SSSR count). The van der Waals surface area contributed by atoms with Gasteiger partial charge in [0.2, 0.25) is 0 Å². The largest absolute Gasteiger partial charge is 0.312 e. The average molecular weight is 260 g/mol. The summed E-state index contributed by atoms with van der Waals surface area (Å²) in [6.07, 6.45) is 5.34. The molecule has 19 heavy (non-hydrogen) atoms.